The van der Waals surface area contributed by atoms with E-state index in [1.54, 1.807) is 18.6 Å². The van der Waals surface area contributed by atoms with Crippen LogP contribution in [-0.4, -0.2) is 65.2 Å². The summed E-state index contributed by atoms with van der Waals surface area (Å²) in [5, 5.41) is 0. The smallest absolute Gasteiger partial charge is 0.257 e. The van der Waals surface area contributed by atoms with Crippen molar-refractivity contribution in [2.45, 2.75) is 25.7 Å². The fraction of sp³-hybridized carbons (Fsp3) is 0.500. The first-order valence-electron chi connectivity index (χ1n) is 9.72. The lowest BCUT2D eigenvalue weighted by Crippen LogP contribution is -2.38. The lowest BCUT2D eigenvalue weighted by Gasteiger charge is -2.27. The number of amides is 1. The van der Waals surface area contributed by atoms with Crippen molar-refractivity contribution < 1.29 is 9.53 Å². The molecule has 1 amide bonds. The van der Waals surface area contributed by atoms with Crippen LogP contribution in [0.15, 0.2) is 30.7 Å². The van der Waals surface area contributed by atoms with Gasteiger partial charge >= 0.3 is 0 Å². The zero-order valence-corrected chi connectivity index (χ0v) is 15.5. The van der Waals surface area contributed by atoms with Crippen molar-refractivity contribution in [1.29, 1.82) is 0 Å². The molecule has 0 radical (unpaired) electrons. The zero-order chi connectivity index (χ0) is 18.5. The number of rotatable bonds is 3. The number of likely N-dealkylation sites (tertiary alicyclic amines) is 1. The molecule has 0 aliphatic carbocycles. The predicted octanol–water partition coefficient (Wildman–Crippen LogP) is 2.39. The SMILES string of the molecule is O=C(c1cnc(N2CCOCC2)nc1-c1cccnc1)N1CCCCCC1. The van der Waals surface area contributed by atoms with Gasteiger partial charge in [-0.05, 0) is 25.0 Å². The summed E-state index contributed by atoms with van der Waals surface area (Å²) in [7, 11) is 0. The second kappa shape index (κ2) is 8.43. The van der Waals surface area contributed by atoms with E-state index < -0.39 is 0 Å². The number of carbonyl (C=O) groups excluding carboxylic acids is 1. The first kappa shape index (κ1) is 17.9. The average molecular weight is 367 g/mol. The number of ether oxygens (including phenoxy) is 1. The molecule has 7 heteroatoms. The van der Waals surface area contributed by atoms with E-state index in [9.17, 15) is 4.79 Å². The first-order chi connectivity index (χ1) is 13.3. The van der Waals surface area contributed by atoms with Gasteiger partial charge in [0.2, 0.25) is 5.95 Å². The lowest BCUT2D eigenvalue weighted by atomic mass is 10.1. The highest BCUT2D eigenvalue weighted by Gasteiger charge is 2.24. The van der Waals surface area contributed by atoms with E-state index in [1.165, 1.54) is 12.8 Å². The third kappa shape index (κ3) is 4.08. The summed E-state index contributed by atoms with van der Waals surface area (Å²) >= 11 is 0. The summed E-state index contributed by atoms with van der Waals surface area (Å²) in [5.74, 6) is 0.661. The molecule has 7 nitrogen and oxygen atoms in total. The molecule has 2 aliphatic rings. The minimum atomic E-state index is 0.0179. The van der Waals surface area contributed by atoms with E-state index in [4.69, 9.17) is 9.72 Å². The van der Waals surface area contributed by atoms with Crippen molar-refractivity contribution in [3.05, 3.63) is 36.3 Å². The number of pyridine rings is 1. The first-order valence-corrected chi connectivity index (χ1v) is 9.72. The summed E-state index contributed by atoms with van der Waals surface area (Å²) in [6.07, 6.45) is 9.65. The fourth-order valence-corrected chi connectivity index (χ4v) is 3.61. The monoisotopic (exact) mass is 367 g/mol. The summed E-state index contributed by atoms with van der Waals surface area (Å²) in [6, 6.07) is 3.81. The predicted molar refractivity (Wildman–Crippen MR) is 103 cm³/mol. The van der Waals surface area contributed by atoms with E-state index in [0.717, 1.165) is 44.6 Å². The van der Waals surface area contributed by atoms with Crippen LogP contribution in [0.3, 0.4) is 0 Å². The molecule has 2 fully saturated rings. The van der Waals surface area contributed by atoms with E-state index in [-0.39, 0.29) is 5.91 Å². The van der Waals surface area contributed by atoms with Crippen molar-refractivity contribution in [2.24, 2.45) is 0 Å². The quantitative estimate of drug-likeness (QED) is 0.830. The molecular formula is C20H25N5O2. The second-order valence-electron chi connectivity index (χ2n) is 6.98. The van der Waals surface area contributed by atoms with Crippen molar-refractivity contribution in [2.75, 3.05) is 44.3 Å². The molecule has 0 spiro atoms. The standard InChI is InChI=1S/C20H25N5O2/c26-19(24-8-3-1-2-4-9-24)17-15-22-20(25-10-12-27-13-11-25)23-18(17)16-6-5-7-21-14-16/h5-7,14-15H,1-4,8-13H2. The Bertz CT molecular complexity index is 769. The highest BCUT2D eigenvalue weighted by atomic mass is 16.5. The van der Waals surface area contributed by atoms with Crippen LogP contribution in [0.5, 0.6) is 0 Å². The van der Waals surface area contributed by atoms with Crippen LogP contribution in [0.4, 0.5) is 5.95 Å². The number of anilines is 1. The highest BCUT2D eigenvalue weighted by Crippen LogP contribution is 2.25. The van der Waals surface area contributed by atoms with Gasteiger partial charge in [0.15, 0.2) is 0 Å². The molecule has 2 aromatic heterocycles. The van der Waals surface area contributed by atoms with Gasteiger partial charge in [-0.1, -0.05) is 12.8 Å². The molecule has 0 bridgehead atoms. The normalized spacial score (nSPS) is 18.2. The Hall–Kier alpha value is -2.54. The molecule has 27 heavy (non-hydrogen) atoms. The maximum absolute atomic E-state index is 13.2. The number of carbonyl (C=O) groups is 1. The number of nitrogens with zero attached hydrogens (tertiary/aromatic N) is 5. The molecule has 0 saturated carbocycles. The average Bonchev–Trinajstić information content (AvgIpc) is 3.04. The van der Waals surface area contributed by atoms with Gasteiger partial charge in [-0.15, -0.1) is 0 Å². The second-order valence-corrected chi connectivity index (χ2v) is 6.98. The molecule has 4 heterocycles. The molecule has 2 saturated heterocycles. The summed E-state index contributed by atoms with van der Waals surface area (Å²) in [5.41, 5.74) is 2.06. The molecule has 0 aromatic carbocycles. The third-order valence-electron chi connectivity index (χ3n) is 5.13. The molecular weight excluding hydrogens is 342 g/mol. The Morgan fingerprint density at radius 2 is 1.78 bits per heavy atom. The van der Waals surface area contributed by atoms with E-state index in [2.05, 4.69) is 14.9 Å². The number of morpholine rings is 1. The van der Waals surface area contributed by atoms with Crippen molar-refractivity contribution in [3.8, 4) is 11.3 Å². The van der Waals surface area contributed by atoms with Gasteiger partial charge in [-0.25, -0.2) is 9.97 Å². The largest absolute Gasteiger partial charge is 0.378 e. The minimum absolute atomic E-state index is 0.0179. The van der Waals surface area contributed by atoms with Crippen LogP contribution in [0.1, 0.15) is 36.0 Å². The summed E-state index contributed by atoms with van der Waals surface area (Å²) in [4.78, 5) is 30.8. The lowest BCUT2D eigenvalue weighted by molar-refractivity contribution is 0.0761. The Kier molecular flexibility index (Phi) is 5.58. The number of hydrogen-bond acceptors (Lipinski definition) is 6. The Morgan fingerprint density at radius 1 is 1.00 bits per heavy atom. The van der Waals surface area contributed by atoms with Crippen molar-refractivity contribution >= 4 is 11.9 Å². The topological polar surface area (TPSA) is 71.5 Å². The van der Waals surface area contributed by atoms with Crippen LogP contribution in [0, 0.1) is 0 Å². The molecule has 0 unspecified atom stereocenters. The van der Waals surface area contributed by atoms with Crippen molar-refractivity contribution in [1.82, 2.24) is 19.9 Å². The van der Waals surface area contributed by atoms with Crippen molar-refractivity contribution in [3.63, 3.8) is 0 Å². The highest BCUT2D eigenvalue weighted by molar-refractivity contribution is 5.99. The molecule has 4 rings (SSSR count). The van der Waals surface area contributed by atoms with Crippen LogP contribution in [-0.2, 0) is 4.74 Å². The number of hydrogen-bond donors (Lipinski definition) is 0. The van der Waals surface area contributed by atoms with Crippen LogP contribution < -0.4 is 4.90 Å². The molecule has 0 atom stereocenters. The molecule has 142 valence electrons. The van der Waals surface area contributed by atoms with Gasteiger partial charge in [0.1, 0.15) is 0 Å². The Morgan fingerprint density at radius 3 is 2.48 bits per heavy atom. The molecule has 0 N–H and O–H groups in total. The Balaban J connectivity index is 1.70. The maximum atomic E-state index is 13.2. The summed E-state index contributed by atoms with van der Waals surface area (Å²) in [6.45, 7) is 4.45. The van der Waals surface area contributed by atoms with Gasteiger partial charge in [-0.3, -0.25) is 9.78 Å². The van der Waals surface area contributed by atoms with Crippen LogP contribution >= 0.6 is 0 Å². The van der Waals surface area contributed by atoms with Gasteiger partial charge in [0.25, 0.3) is 5.91 Å². The third-order valence-corrected chi connectivity index (χ3v) is 5.13. The fourth-order valence-electron chi connectivity index (χ4n) is 3.61. The van der Waals surface area contributed by atoms with Gasteiger partial charge in [0, 0.05) is 50.3 Å². The minimum Gasteiger partial charge on any atom is -0.378 e. The van der Waals surface area contributed by atoms with Gasteiger partial charge in [0.05, 0.1) is 24.5 Å². The van der Waals surface area contributed by atoms with Gasteiger partial charge in [-0.2, -0.15) is 0 Å². The maximum Gasteiger partial charge on any atom is 0.257 e. The van der Waals surface area contributed by atoms with Crippen LogP contribution in [0.25, 0.3) is 11.3 Å². The van der Waals surface area contributed by atoms with E-state index >= 15 is 0 Å². The van der Waals surface area contributed by atoms with E-state index in [0.29, 0.717) is 30.4 Å². The van der Waals surface area contributed by atoms with E-state index in [1.807, 2.05) is 17.0 Å². The summed E-state index contributed by atoms with van der Waals surface area (Å²) < 4.78 is 5.42. The Labute approximate surface area is 159 Å². The van der Waals surface area contributed by atoms with Crippen LogP contribution in [0.2, 0.25) is 0 Å². The zero-order valence-electron chi connectivity index (χ0n) is 15.5. The van der Waals surface area contributed by atoms with Gasteiger partial charge < -0.3 is 14.5 Å². The number of aromatic nitrogens is 3. The molecule has 2 aromatic rings. The molecule has 2 aliphatic heterocycles.